The average molecular weight is 285 g/mol. The first-order chi connectivity index (χ1) is 10.1. The third-order valence-corrected chi connectivity index (χ3v) is 4.24. The van der Waals surface area contributed by atoms with Gasteiger partial charge in [-0.3, -0.25) is 9.67 Å². The quantitative estimate of drug-likeness (QED) is 0.942. The molecule has 2 aromatic heterocycles. The molecule has 1 atom stereocenters. The Morgan fingerprint density at radius 2 is 2.00 bits per heavy atom. The maximum atomic E-state index is 6.39. The van der Waals surface area contributed by atoms with E-state index in [1.54, 1.807) is 0 Å². The van der Waals surface area contributed by atoms with Crippen molar-refractivity contribution in [3.05, 3.63) is 35.8 Å². The van der Waals surface area contributed by atoms with E-state index in [2.05, 4.69) is 41.0 Å². The zero-order valence-corrected chi connectivity index (χ0v) is 13.0. The Hall–Kier alpha value is -2.04. The van der Waals surface area contributed by atoms with Crippen molar-refractivity contribution in [1.82, 2.24) is 14.8 Å². The maximum Gasteiger partial charge on any atom is 0.150 e. The third kappa shape index (κ3) is 2.37. The molecular weight excluding hydrogens is 262 g/mol. The molecule has 0 saturated carbocycles. The third-order valence-electron chi connectivity index (χ3n) is 4.24. The van der Waals surface area contributed by atoms with Gasteiger partial charge in [-0.1, -0.05) is 13.8 Å². The lowest BCUT2D eigenvalue weighted by molar-refractivity contribution is 0.660. The van der Waals surface area contributed by atoms with Gasteiger partial charge in [0, 0.05) is 26.0 Å². The lowest BCUT2D eigenvalue weighted by Crippen LogP contribution is -2.25. The molecule has 112 valence electrons. The molecular formula is C16H23N5. The van der Waals surface area contributed by atoms with E-state index >= 15 is 0 Å². The predicted molar refractivity (Wildman–Crippen MR) is 85.3 cm³/mol. The first-order valence-electron chi connectivity index (χ1n) is 7.58. The summed E-state index contributed by atoms with van der Waals surface area (Å²) in [7, 11) is 1.99. The Bertz CT molecular complexity index is 617. The molecule has 21 heavy (non-hydrogen) atoms. The highest BCUT2D eigenvalue weighted by molar-refractivity contribution is 5.68. The van der Waals surface area contributed by atoms with Crippen LogP contribution in [0.2, 0.25) is 0 Å². The highest BCUT2D eigenvalue weighted by Gasteiger charge is 2.31. The molecule has 1 aliphatic heterocycles. The van der Waals surface area contributed by atoms with Crippen molar-refractivity contribution < 1.29 is 0 Å². The Kier molecular flexibility index (Phi) is 3.57. The smallest absolute Gasteiger partial charge is 0.150 e. The summed E-state index contributed by atoms with van der Waals surface area (Å²) in [5, 5.41) is 4.62. The molecule has 2 N–H and O–H groups in total. The minimum Gasteiger partial charge on any atom is -0.394 e. The SMILES string of the molecule is CC(C)c1nn(C)c(N2CCCC2c2ccncc2)c1N. The van der Waals surface area contributed by atoms with Crippen LogP contribution in [0.25, 0.3) is 0 Å². The van der Waals surface area contributed by atoms with Crippen molar-refractivity contribution in [3.63, 3.8) is 0 Å². The molecule has 0 aromatic carbocycles. The largest absolute Gasteiger partial charge is 0.394 e. The van der Waals surface area contributed by atoms with Gasteiger partial charge in [-0.05, 0) is 36.5 Å². The fourth-order valence-corrected chi connectivity index (χ4v) is 3.27. The molecule has 5 nitrogen and oxygen atoms in total. The first-order valence-corrected chi connectivity index (χ1v) is 7.58. The van der Waals surface area contributed by atoms with Crippen LogP contribution in [-0.2, 0) is 7.05 Å². The Morgan fingerprint density at radius 1 is 1.29 bits per heavy atom. The number of hydrogen-bond acceptors (Lipinski definition) is 4. The van der Waals surface area contributed by atoms with Crippen LogP contribution < -0.4 is 10.6 Å². The summed E-state index contributed by atoms with van der Waals surface area (Å²) in [6.45, 7) is 5.29. The summed E-state index contributed by atoms with van der Waals surface area (Å²) >= 11 is 0. The molecule has 1 saturated heterocycles. The average Bonchev–Trinajstić information content (AvgIpc) is 3.04. The molecule has 1 unspecified atom stereocenters. The zero-order chi connectivity index (χ0) is 15.0. The summed E-state index contributed by atoms with van der Waals surface area (Å²) in [6, 6.07) is 4.56. The number of nitrogens with two attached hydrogens (primary N) is 1. The van der Waals surface area contributed by atoms with Crippen LogP contribution in [0.15, 0.2) is 24.5 Å². The van der Waals surface area contributed by atoms with Gasteiger partial charge in [-0.15, -0.1) is 0 Å². The van der Waals surface area contributed by atoms with Crippen LogP contribution in [0, 0.1) is 0 Å². The molecule has 5 heteroatoms. The standard InChI is InChI=1S/C16H23N5/c1-11(2)15-14(17)16(20(3)19-15)21-10-4-5-13(21)12-6-8-18-9-7-12/h6-9,11,13H,4-5,10,17H2,1-3H3. The first kappa shape index (κ1) is 13.9. The van der Waals surface area contributed by atoms with Crippen LogP contribution in [0.3, 0.4) is 0 Å². The van der Waals surface area contributed by atoms with Crippen LogP contribution in [0.1, 0.15) is 49.9 Å². The zero-order valence-electron chi connectivity index (χ0n) is 13.0. The fraction of sp³-hybridized carbons (Fsp3) is 0.500. The molecule has 0 bridgehead atoms. The van der Waals surface area contributed by atoms with Gasteiger partial charge in [0.2, 0.25) is 0 Å². The number of nitrogen functional groups attached to an aromatic ring is 1. The summed E-state index contributed by atoms with van der Waals surface area (Å²) < 4.78 is 1.93. The molecule has 3 heterocycles. The van der Waals surface area contributed by atoms with E-state index in [9.17, 15) is 0 Å². The van der Waals surface area contributed by atoms with Crippen molar-refractivity contribution >= 4 is 11.5 Å². The Morgan fingerprint density at radius 3 is 2.62 bits per heavy atom. The van der Waals surface area contributed by atoms with Crippen molar-refractivity contribution in [2.24, 2.45) is 7.05 Å². The van der Waals surface area contributed by atoms with Crippen LogP contribution >= 0.6 is 0 Å². The highest BCUT2D eigenvalue weighted by Crippen LogP contribution is 2.40. The molecule has 2 aromatic rings. The topological polar surface area (TPSA) is 60.0 Å². The minimum absolute atomic E-state index is 0.340. The van der Waals surface area contributed by atoms with Gasteiger partial charge in [0.05, 0.1) is 17.4 Å². The Labute approximate surface area is 125 Å². The van der Waals surface area contributed by atoms with Crippen LogP contribution in [0.5, 0.6) is 0 Å². The van der Waals surface area contributed by atoms with Crippen molar-refractivity contribution in [2.75, 3.05) is 17.2 Å². The van der Waals surface area contributed by atoms with E-state index in [1.807, 2.05) is 24.1 Å². The van der Waals surface area contributed by atoms with Gasteiger partial charge in [0.1, 0.15) is 0 Å². The second kappa shape index (κ2) is 5.39. The molecule has 1 aliphatic rings. The lowest BCUT2D eigenvalue weighted by atomic mass is 10.1. The lowest BCUT2D eigenvalue weighted by Gasteiger charge is -2.27. The monoisotopic (exact) mass is 285 g/mol. The molecule has 0 amide bonds. The van der Waals surface area contributed by atoms with Gasteiger partial charge in [-0.25, -0.2) is 0 Å². The van der Waals surface area contributed by atoms with Crippen molar-refractivity contribution in [1.29, 1.82) is 0 Å². The predicted octanol–water partition coefficient (Wildman–Crippen LogP) is 2.86. The number of hydrogen-bond donors (Lipinski definition) is 1. The van der Waals surface area contributed by atoms with E-state index < -0.39 is 0 Å². The van der Waals surface area contributed by atoms with Gasteiger partial charge in [-0.2, -0.15) is 5.10 Å². The molecule has 1 fully saturated rings. The van der Waals surface area contributed by atoms with E-state index in [0.717, 1.165) is 30.2 Å². The summed E-state index contributed by atoms with van der Waals surface area (Å²) in [4.78, 5) is 6.51. The van der Waals surface area contributed by atoms with E-state index in [0.29, 0.717) is 12.0 Å². The number of aryl methyl sites for hydroxylation is 1. The number of aromatic nitrogens is 3. The number of pyridine rings is 1. The van der Waals surface area contributed by atoms with Crippen LogP contribution in [0.4, 0.5) is 11.5 Å². The number of anilines is 2. The minimum atomic E-state index is 0.340. The highest BCUT2D eigenvalue weighted by atomic mass is 15.4. The van der Waals surface area contributed by atoms with Gasteiger partial charge >= 0.3 is 0 Å². The Balaban J connectivity index is 2.00. The number of rotatable bonds is 3. The van der Waals surface area contributed by atoms with Gasteiger partial charge in [0.25, 0.3) is 0 Å². The number of nitrogens with zero attached hydrogens (tertiary/aromatic N) is 4. The summed E-state index contributed by atoms with van der Waals surface area (Å²) in [5.74, 6) is 1.39. The van der Waals surface area contributed by atoms with Crippen molar-refractivity contribution in [3.8, 4) is 0 Å². The van der Waals surface area contributed by atoms with Crippen LogP contribution in [-0.4, -0.2) is 21.3 Å². The summed E-state index contributed by atoms with van der Waals surface area (Å²) in [6.07, 6.45) is 6.04. The molecule has 0 aliphatic carbocycles. The van der Waals surface area contributed by atoms with Gasteiger partial charge in [0.15, 0.2) is 5.82 Å². The van der Waals surface area contributed by atoms with Gasteiger partial charge < -0.3 is 10.6 Å². The fourth-order valence-electron chi connectivity index (χ4n) is 3.27. The van der Waals surface area contributed by atoms with E-state index in [1.165, 1.54) is 12.0 Å². The van der Waals surface area contributed by atoms with Crippen molar-refractivity contribution in [2.45, 2.75) is 38.6 Å². The molecule has 0 spiro atoms. The van der Waals surface area contributed by atoms with E-state index in [4.69, 9.17) is 5.73 Å². The second-order valence-electron chi connectivity index (χ2n) is 6.03. The summed E-state index contributed by atoms with van der Waals surface area (Å²) in [5.41, 5.74) is 9.51. The maximum absolute atomic E-state index is 6.39. The second-order valence-corrected chi connectivity index (χ2v) is 6.03. The normalized spacial score (nSPS) is 18.7. The molecule has 0 radical (unpaired) electrons. The van der Waals surface area contributed by atoms with E-state index in [-0.39, 0.29) is 0 Å². The molecule has 3 rings (SSSR count).